The molecule has 3 heteroatoms. The van der Waals surface area contributed by atoms with Crippen LogP contribution >= 0.6 is 0 Å². The second-order valence-corrected chi connectivity index (χ2v) is 4.74. The van der Waals surface area contributed by atoms with Crippen LogP contribution in [0.5, 0.6) is 0 Å². The molecular formula is C15H18N2O. The van der Waals surface area contributed by atoms with Gasteiger partial charge in [-0.25, -0.2) is 0 Å². The Balaban J connectivity index is 1.62. The third-order valence-electron chi connectivity index (χ3n) is 3.34. The first-order chi connectivity index (χ1) is 8.83. The number of hydrogen-bond donors (Lipinski definition) is 2. The summed E-state index contributed by atoms with van der Waals surface area (Å²) in [6.45, 7) is 4.68. The summed E-state index contributed by atoms with van der Waals surface area (Å²) in [4.78, 5) is 0. The predicted octanol–water partition coefficient (Wildman–Crippen LogP) is 2.85. The van der Waals surface area contributed by atoms with Crippen LogP contribution in [-0.4, -0.2) is 6.54 Å². The van der Waals surface area contributed by atoms with E-state index in [4.69, 9.17) is 4.42 Å². The Morgan fingerprint density at radius 2 is 2.17 bits per heavy atom. The highest BCUT2D eigenvalue weighted by Crippen LogP contribution is 2.26. The van der Waals surface area contributed by atoms with Crippen LogP contribution in [0.4, 0.5) is 5.69 Å². The SMILES string of the molecule is Cc1ccc(CNCc2cccc3c2NCC3)o1. The fourth-order valence-electron chi connectivity index (χ4n) is 2.46. The highest BCUT2D eigenvalue weighted by Gasteiger charge is 2.12. The number of rotatable bonds is 4. The molecule has 0 fully saturated rings. The minimum Gasteiger partial charge on any atom is -0.465 e. The van der Waals surface area contributed by atoms with E-state index < -0.39 is 0 Å². The van der Waals surface area contributed by atoms with Crippen molar-refractivity contribution in [3.8, 4) is 0 Å². The van der Waals surface area contributed by atoms with Crippen LogP contribution in [0.1, 0.15) is 22.6 Å². The average molecular weight is 242 g/mol. The highest BCUT2D eigenvalue weighted by atomic mass is 16.3. The van der Waals surface area contributed by atoms with Gasteiger partial charge in [-0.15, -0.1) is 0 Å². The molecule has 0 saturated carbocycles. The van der Waals surface area contributed by atoms with Gasteiger partial charge < -0.3 is 15.1 Å². The predicted molar refractivity (Wildman–Crippen MR) is 72.6 cm³/mol. The van der Waals surface area contributed by atoms with Gasteiger partial charge in [0, 0.05) is 18.8 Å². The van der Waals surface area contributed by atoms with Crippen LogP contribution in [0.25, 0.3) is 0 Å². The van der Waals surface area contributed by atoms with E-state index in [2.05, 4.69) is 28.8 Å². The van der Waals surface area contributed by atoms with Crippen LogP contribution in [0, 0.1) is 6.92 Å². The van der Waals surface area contributed by atoms with Crippen molar-refractivity contribution < 1.29 is 4.42 Å². The summed E-state index contributed by atoms with van der Waals surface area (Å²) in [5.41, 5.74) is 4.09. The van der Waals surface area contributed by atoms with Gasteiger partial charge in [0.1, 0.15) is 11.5 Å². The molecule has 0 unspecified atom stereocenters. The zero-order chi connectivity index (χ0) is 12.4. The lowest BCUT2D eigenvalue weighted by Gasteiger charge is -2.09. The molecule has 0 aliphatic carbocycles. The van der Waals surface area contributed by atoms with Crippen LogP contribution in [0.3, 0.4) is 0 Å². The van der Waals surface area contributed by atoms with Gasteiger partial charge in [0.15, 0.2) is 0 Å². The summed E-state index contributed by atoms with van der Waals surface area (Å²) in [6, 6.07) is 10.5. The summed E-state index contributed by atoms with van der Waals surface area (Å²) >= 11 is 0. The largest absolute Gasteiger partial charge is 0.465 e. The first-order valence-electron chi connectivity index (χ1n) is 6.43. The maximum atomic E-state index is 5.54. The first kappa shape index (κ1) is 11.4. The van der Waals surface area contributed by atoms with E-state index in [1.54, 1.807) is 0 Å². The Bertz CT molecular complexity index is 545. The maximum absolute atomic E-state index is 5.54. The number of hydrogen-bond acceptors (Lipinski definition) is 3. The zero-order valence-electron chi connectivity index (χ0n) is 10.6. The fourth-order valence-corrected chi connectivity index (χ4v) is 2.46. The van der Waals surface area contributed by atoms with Gasteiger partial charge in [-0.1, -0.05) is 18.2 Å². The number of para-hydroxylation sites is 1. The van der Waals surface area contributed by atoms with Gasteiger partial charge in [-0.3, -0.25) is 0 Å². The van der Waals surface area contributed by atoms with E-state index in [1.807, 2.05) is 19.1 Å². The number of furan rings is 1. The first-order valence-corrected chi connectivity index (χ1v) is 6.43. The van der Waals surface area contributed by atoms with E-state index in [1.165, 1.54) is 16.8 Å². The third kappa shape index (κ3) is 2.27. The van der Waals surface area contributed by atoms with Crippen LogP contribution in [0.15, 0.2) is 34.7 Å². The number of anilines is 1. The van der Waals surface area contributed by atoms with E-state index in [0.717, 1.165) is 37.6 Å². The molecule has 1 aliphatic heterocycles. The Labute approximate surface area is 107 Å². The molecule has 0 radical (unpaired) electrons. The topological polar surface area (TPSA) is 37.2 Å². The van der Waals surface area contributed by atoms with Gasteiger partial charge in [-0.2, -0.15) is 0 Å². The van der Waals surface area contributed by atoms with E-state index in [-0.39, 0.29) is 0 Å². The number of aryl methyl sites for hydroxylation is 1. The van der Waals surface area contributed by atoms with Gasteiger partial charge in [0.25, 0.3) is 0 Å². The molecule has 1 aromatic heterocycles. The lowest BCUT2D eigenvalue weighted by atomic mass is 10.1. The Morgan fingerprint density at radius 3 is 3.00 bits per heavy atom. The minimum absolute atomic E-state index is 0.775. The monoisotopic (exact) mass is 242 g/mol. The number of fused-ring (bicyclic) bond motifs is 1. The van der Waals surface area contributed by atoms with E-state index >= 15 is 0 Å². The molecule has 2 heterocycles. The fraction of sp³-hybridized carbons (Fsp3) is 0.333. The van der Waals surface area contributed by atoms with Gasteiger partial charge in [0.2, 0.25) is 0 Å². The smallest absolute Gasteiger partial charge is 0.117 e. The lowest BCUT2D eigenvalue weighted by molar-refractivity contribution is 0.462. The Hall–Kier alpha value is -1.74. The molecule has 0 spiro atoms. The molecule has 2 aromatic rings. The van der Waals surface area contributed by atoms with Crippen LogP contribution < -0.4 is 10.6 Å². The maximum Gasteiger partial charge on any atom is 0.117 e. The molecule has 1 aliphatic rings. The normalized spacial score (nSPS) is 13.4. The summed E-state index contributed by atoms with van der Waals surface area (Å²) in [5.74, 6) is 1.96. The van der Waals surface area contributed by atoms with Crippen molar-refractivity contribution in [3.05, 3.63) is 53.0 Å². The molecular weight excluding hydrogens is 224 g/mol. The summed E-state index contributed by atoms with van der Waals surface area (Å²) in [6.07, 6.45) is 1.14. The van der Waals surface area contributed by atoms with Crippen LogP contribution in [-0.2, 0) is 19.5 Å². The molecule has 0 atom stereocenters. The highest BCUT2D eigenvalue weighted by molar-refractivity contribution is 5.61. The molecule has 0 bridgehead atoms. The van der Waals surface area contributed by atoms with Crippen LogP contribution in [0.2, 0.25) is 0 Å². The van der Waals surface area contributed by atoms with Crippen molar-refractivity contribution >= 4 is 5.69 Å². The van der Waals surface area contributed by atoms with Crippen molar-refractivity contribution in [2.75, 3.05) is 11.9 Å². The molecule has 94 valence electrons. The molecule has 3 rings (SSSR count). The average Bonchev–Trinajstić information content (AvgIpc) is 2.98. The van der Waals surface area contributed by atoms with Crippen molar-refractivity contribution in [1.82, 2.24) is 5.32 Å². The second-order valence-electron chi connectivity index (χ2n) is 4.74. The van der Waals surface area contributed by atoms with Gasteiger partial charge in [0.05, 0.1) is 6.54 Å². The Morgan fingerprint density at radius 1 is 1.22 bits per heavy atom. The molecule has 3 nitrogen and oxygen atoms in total. The molecule has 0 amide bonds. The summed E-state index contributed by atoms with van der Waals surface area (Å²) < 4.78 is 5.54. The number of nitrogens with one attached hydrogen (secondary N) is 2. The van der Waals surface area contributed by atoms with Crippen molar-refractivity contribution in [1.29, 1.82) is 0 Å². The summed E-state index contributed by atoms with van der Waals surface area (Å²) in [7, 11) is 0. The van der Waals surface area contributed by atoms with Crippen molar-refractivity contribution in [2.45, 2.75) is 26.4 Å². The number of benzene rings is 1. The van der Waals surface area contributed by atoms with Crippen molar-refractivity contribution in [2.24, 2.45) is 0 Å². The molecule has 1 aromatic carbocycles. The third-order valence-corrected chi connectivity index (χ3v) is 3.34. The Kier molecular flexibility index (Phi) is 3.07. The van der Waals surface area contributed by atoms with Gasteiger partial charge in [-0.05, 0) is 36.6 Å². The molecule has 18 heavy (non-hydrogen) atoms. The second kappa shape index (κ2) is 4.86. The zero-order valence-corrected chi connectivity index (χ0v) is 10.6. The molecule has 0 saturated heterocycles. The van der Waals surface area contributed by atoms with Crippen molar-refractivity contribution in [3.63, 3.8) is 0 Å². The van der Waals surface area contributed by atoms with Gasteiger partial charge >= 0.3 is 0 Å². The minimum atomic E-state index is 0.775. The lowest BCUT2D eigenvalue weighted by Crippen LogP contribution is -2.13. The summed E-state index contributed by atoms with van der Waals surface area (Å²) in [5, 5.41) is 6.89. The molecule has 2 N–H and O–H groups in total. The quantitative estimate of drug-likeness (QED) is 0.865. The standard InChI is InChI=1S/C15H18N2O/c1-11-5-6-14(18-11)10-16-9-13-4-2-3-12-7-8-17-15(12)13/h2-6,16-17H,7-10H2,1H3. The van der Waals surface area contributed by atoms with E-state index in [9.17, 15) is 0 Å². The van der Waals surface area contributed by atoms with E-state index in [0.29, 0.717) is 0 Å².